The Morgan fingerprint density at radius 1 is 1.33 bits per heavy atom. The van der Waals surface area contributed by atoms with Crippen LogP contribution >= 0.6 is 11.6 Å². The smallest absolute Gasteiger partial charge is 0.232 e. The largest absolute Gasteiger partial charge is 0.455 e. The molecule has 0 fully saturated rings. The summed E-state index contributed by atoms with van der Waals surface area (Å²) in [6.45, 7) is 0. The fraction of sp³-hybridized carbons (Fsp3) is 0.188. The SMILES string of the molecule is [B]c1ccc2c(c1)[C@@]1(CC(=O)N(C)C(N)=N1)c1cc(Cl)ncc1O2. The third-order valence-electron chi connectivity index (χ3n) is 4.38. The lowest BCUT2D eigenvalue weighted by Gasteiger charge is -2.40. The fourth-order valence-electron chi connectivity index (χ4n) is 3.13. The lowest BCUT2D eigenvalue weighted by atomic mass is 9.75. The molecule has 24 heavy (non-hydrogen) atoms. The van der Waals surface area contributed by atoms with Gasteiger partial charge in [-0.15, -0.1) is 0 Å². The Labute approximate surface area is 144 Å². The number of nitrogens with two attached hydrogens (primary N) is 1. The molecule has 0 saturated heterocycles. The van der Waals surface area contributed by atoms with Crippen LogP contribution in [0, 0.1) is 0 Å². The Balaban J connectivity index is 2.08. The monoisotopic (exact) mass is 338 g/mol. The molecule has 1 amide bonds. The summed E-state index contributed by atoms with van der Waals surface area (Å²) in [6, 6.07) is 6.88. The van der Waals surface area contributed by atoms with Crippen LogP contribution < -0.4 is 15.9 Å². The zero-order chi connectivity index (χ0) is 17.1. The molecule has 4 rings (SSSR count). The first kappa shape index (κ1) is 15.0. The quantitative estimate of drug-likeness (QED) is 0.575. The number of aromatic nitrogens is 1. The zero-order valence-electron chi connectivity index (χ0n) is 12.8. The van der Waals surface area contributed by atoms with E-state index in [-0.39, 0.29) is 23.4 Å². The van der Waals surface area contributed by atoms with Gasteiger partial charge in [0.1, 0.15) is 24.3 Å². The molecule has 0 unspecified atom stereocenters. The number of carbonyl (C=O) groups is 1. The van der Waals surface area contributed by atoms with Crippen LogP contribution in [0.4, 0.5) is 0 Å². The van der Waals surface area contributed by atoms with E-state index in [9.17, 15) is 4.79 Å². The molecule has 1 spiro atoms. The molecule has 6 nitrogen and oxygen atoms in total. The molecule has 8 heteroatoms. The van der Waals surface area contributed by atoms with Crippen LogP contribution in [0.5, 0.6) is 11.5 Å². The number of hydrogen-bond acceptors (Lipinski definition) is 5. The molecule has 3 heterocycles. The number of fused-ring (bicyclic) bond motifs is 4. The second-order valence-electron chi connectivity index (χ2n) is 5.82. The summed E-state index contributed by atoms with van der Waals surface area (Å²) in [5.41, 5.74) is 6.84. The molecule has 1 atom stereocenters. The van der Waals surface area contributed by atoms with Gasteiger partial charge >= 0.3 is 0 Å². The third-order valence-corrected chi connectivity index (χ3v) is 4.59. The van der Waals surface area contributed by atoms with Crippen molar-refractivity contribution in [1.82, 2.24) is 9.88 Å². The standard InChI is InChI=1S/C16H12BClN4O2/c1-22-14(23)6-16(21-15(22)19)9-4-8(17)2-3-11(9)24-12-7-20-13(18)5-10(12)16/h2-5,7H,6H2,1H3,(H2,19,21)/t16-/m0/s1. The maximum atomic E-state index is 12.5. The summed E-state index contributed by atoms with van der Waals surface area (Å²) < 4.78 is 5.90. The minimum atomic E-state index is -1.03. The van der Waals surface area contributed by atoms with Crippen molar-refractivity contribution in [2.24, 2.45) is 10.7 Å². The van der Waals surface area contributed by atoms with Crippen molar-refractivity contribution in [3.63, 3.8) is 0 Å². The number of carbonyl (C=O) groups excluding carboxylic acids is 1. The molecule has 1 aromatic carbocycles. The number of amides is 1. The van der Waals surface area contributed by atoms with E-state index < -0.39 is 5.54 Å². The van der Waals surface area contributed by atoms with E-state index in [1.165, 1.54) is 11.1 Å². The maximum Gasteiger partial charge on any atom is 0.232 e. The second kappa shape index (κ2) is 4.98. The van der Waals surface area contributed by atoms with Gasteiger partial charge in [0.15, 0.2) is 11.7 Å². The van der Waals surface area contributed by atoms with E-state index in [0.29, 0.717) is 28.1 Å². The lowest BCUT2D eigenvalue weighted by Crippen LogP contribution is -2.49. The number of benzene rings is 1. The first-order chi connectivity index (χ1) is 11.4. The number of ether oxygens (including phenoxy) is 1. The molecule has 2 aromatic rings. The van der Waals surface area contributed by atoms with Gasteiger partial charge in [-0.1, -0.05) is 29.2 Å². The van der Waals surface area contributed by atoms with Crippen molar-refractivity contribution in [3.8, 4) is 11.5 Å². The lowest BCUT2D eigenvalue weighted by molar-refractivity contribution is -0.128. The van der Waals surface area contributed by atoms with Gasteiger partial charge in [-0.05, 0) is 12.1 Å². The van der Waals surface area contributed by atoms with E-state index in [1.54, 1.807) is 31.3 Å². The number of guanidine groups is 1. The van der Waals surface area contributed by atoms with Crippen LogP contribution in [0.25, 0.3) is 0 Å². The Hall–Kier alpha value is -2.54. The highest BCUT2D eigenvalue weighted by molar-refractivity contribution is 6.32. The summed E-state index contributed by atoms with van der Waals surface area (Å²) in [5.74, 6) is 1.03. The van der Waals surface area contributed by atoms with E-state index in [1.807, 2.05) is 0 Å². The average Bonchev–Trinajstić information content (AvgIpc) is 2.54. The number of aliphatic imine (C=N–C) groups is 1. The van der Waals surface area contributed by atoms with Gasteiger partial charge in [-0.2, -0.15) is 0 Å². The van der Waals surface area contributed by atoms with Crippen molar-refractivity contribution in [2.45, 2.75) is 12.0 Å². The number of nitrogens with zero attached hydrogens (tertiary/aromatic N) is 3. The minimum absolute atomic E-state index is 0.0946. The highest BCUT2D eigenvalue weighted by Gasteiger charge is 2.47. The highest BCUT2D eigenvalue weighted by atomic mass is 35.5. The molecule has 2 radical (unpaired) electrons. The molecular formula is C16H12BClN4O2. The van der Waals surface area contributed by atoms with E-state index in [0.717, 1.165) is 0 Å². The Morgan fingerprint density at radius 2 is 2.08 bits per heavy atom. The molecule has 0 bridgehead atoms. The molecule has 118 valence electrons. The average molecular weight is 339 g/mol. The number of hydrogen-bond donors (Lipinski definition) is 1. The van der Waals surface area contributed by atoms with Crippen LogP contribution in [-0.2, 0) is 10.3 Å². The van der Waals surface area contributed by atoms with Crippen molar-refractivity contribution in [1.29, 1.82) is 0 Å². The van der Waals surface area contributed by atoms with Gasteiger partial charge in [0, 0.05) is 18.2 Å². The molecular weight excluding hydrogens is 326 g/mol. The van der Waals surface area contributed by atoms with Crippen molar-refractivity contribution < 1.29 is 9.53 Å². The number of rotatable bonds is 0. The van der Waals surface area contributed by atoms with Crippen molar-refractivity contribution in [2.75, 3.05) is 7.05 Å². The first-order valence-electron chi connectivity index (χ1n) is 7.26. The van der Waals surface area contributed by atoms with Crippen LogP contribution in [-0.4, -0.2) is 36.6 Å². The molecule has 2 aliphatic rings. The van der Waals surface area contributed by atoms with Crippen LogP contribution in [0.1, 0.15) is 17.5 Å². The number of halogens is 1. The summed E-state index contributed by atoms with van der Waals surface area (Å²) in [7, 11) is 7.54. The molecule has 2 N–H and O–H groups in total. The van der Waals surface area contributed by atoms with Crippen molar-refractivity contribution in [3.05, 3.63) is 46.7 Å². The second-order valence-corrected chi connectivity index (χ2v) is 6.21. The van der Waals surface area contributed by atoms with Gasteiger partial charge in [0.25, 0.3) is 0 Å². The van der Waals surface area contributed by atoms with E-state index in [2.05, 4.69) is 9.98 Å². The summed E-state index contributed by atoms with van der Waals surface area (Å²) >= 11 is 6.07. The van der Waals surface area contributed by atoms with Gasteiger partial charge in [0.05, 0.1) is 12.6 Å². The van der Waals surface area contributed by atoms with Gasteiger partial charge in [-0.25, -0.2) is 9.98 Å². The maximum absolute atomic E-state index is 12.5. The van der Waals surface area contributed by atoms with Crippen LogP contribution in [0.3, 0.4) is 0 Å². The Kier molecular flexibility index (Phi) is 3.12. The minimum Gasteiger partial charge on any atom is -0.455 e. The zero-order valence-corrected chi connectivity index (χ0v) is 13.5. The van der Waals surface area contributed by atoms with Crippen LogP contribution in [0.15, 0.2) is 35.5 Å². The highest BCUT2D eigenvalue weighted by Crippen LogP contribution is 2.51. The van der Waals surface area contributed by atoms with E-state index in [4.69, 9.17) is 29.9 Å². The van der Waals surface area contributed by atoms with Gasteiger partial charge < -0.3 is 10.5 Å². The topological polar surface area (TPSA) is 80.8 Å². The Morgan fingerprint density at radius 3 is 2.83 bits per heavy atom. The van der Waals surface area contributed by atoms with Crippen LogP contribution in [0.2, 0.25) is 5.15 Å². The predicted molar refractivity (Wildman–Crippen MR) is 90.9 cm³/mol. The fourth-order valence-corrected chi connectivity index (χ4v) is 3.29. The Bertz CT molecular complexity index is 863. The van der Waals surface area contributed by atoms with Crippen molar-refractivity contribution >= 4 is 36.8 Å². The molecule has 0 saturated carbocycles. The summed E-state index contributed by atoms with van der Waals surface area (Å²) in [5, 5.41) is 0.282. The first-order valence-corrected chi connectivity index (χ1v) is 7.64. The molecule has 1 aromatic heterocycles. The van der Waals surface area contributed by atoms with Gasteiger partial charge in [-0.3, -0.25) is 9.69 Å². The predicted octanol–water partition coefficient (Wildman–Crippen LogP) is 1.05. The van der Waals surface area contributed by atoms with E-state index >= 15 is 0 Å². The summed E-state index contributed by atoms with van der Waals surface area (Å²) in [4.78, 5) is 22.5. The molecule has 0 aliphatic carbocycles. The number of pyridine rings is 1. The third kappa shape index (κ3) is 2.01. The van der Waals surface area contributed by atoms with Gasteiger partial charge in [0.2, 0.25) is 5.91 Å². The molecule has 2 aliphatic heterocycles. The summed E-state index contributed by atoms with van der Waals surface area (Å²) in [6.07, 6.45) is 1.62. The normalized spacial score (nSPS) is 21.8.